The van der Waals surface area contributed by atoms with Gasteiger partial charge in [0.25, 0.3) is 0 Å². The van der Waals surface area contributed by atoms with Gasteiger partial charge in [-0.15, -0.1) is 0 Å². The number of aromatic nitrogens is 2. The molecular weight excluding hydrogens is 265 g/mol. The maximum absolute atomic E-state index is 13.8. The predicted octanol–water partition coefficient (Wildman–Crippen LogP) is 3.22. The molecule has 0 aliphatic carbocycles. The van der Waals surface area contributed by atoms with E-state index in [1.54, 1.807) is 23.1 Å². The Morgan fingerprint density at radius 2 is 2.26 bits per heavy atom. The maximum atomic E-state index is 13.8. The van der Waals surface area contributed by atoms with E-state index in [0.717, 1.165) is 25.1 Å². The third-order valence-electron chi connectivity index (χ3n) is 2.80. The smallest absolute Gasteiger partial charge is 0.128 e. The lowest BCUT2D eigenvalue weighted by atomic mass is 10.1. The van der Waals surface area contributed by atoms with Gasteiger partial charge in [-0.25, -0.2) is 4.39 Å². The van der Waals surface area contributed by atoms with Crippen molar-refractivity contribution in [1.82, 2.24) is 15.1 Å². The summed E-state index contributed by atoms with van der Waals surface area (Å²) in [6.07, 6.45) is 4.31. The van der Waals surface area contributed by atoms with Crippen LogP contribution in [0.25, 0.3) is 0 Å². The number of halogens is 2. The average Bonchev–Trinajstić information content (AvgIpc) is 2.79. The highest BCUT2D eigenvalue weighted by atomic mass is 35.5. The molecule has 0 saturated carbocycles. The van der Waals surface area contributed by atoms with Crippen LogP contribution < -0.4 is 5.32 Å². The third kappa shape index (κ3) is 4.04. The summed E-state index contributed by atoms with van der Waals surface area (Å²) in [5.74, 6) is -0.217. The fourth-order valence-corrected chi connectivity index (χ4v) is 2.02. The molecule has 1 aromatic heterocycles. The van der Waals surface area contributed by atoms with Gasteiger partial charge in [-0.05, 0) is 30.7 Å². The normalized spacial score (nSPS) is 10.9. The molecule has 0 atom stereocenters. The van der Waals surface area contributed by atoms with E-state index in [1.807, 2.05) is 6.07 Å². The van der Waals surface area contributed by atoms with Crippen LogP contribution in [0.5, 0.6) is 0 Å². The first kappa shape index (κ1) is 14.0. The number of hydrogen-bond acceptors (Lipinski definition) is 2. The number of nitrogens with zero attached hydrogens (tertiary/aromatic N) is 2. The zero-order valence-corrected chi connectivity index (χ0v) is 11.6. The van der Waals surface area contributed by atoms with Crippen LogP contribution in [0.15, 0.2) is 30.6 Å². The molecule has 0 saturated heterocycles. The average molecular weight is 282 g/mol. The topological polar surface area (TPSA) is 29.9 Å². The van der Waals surface area contributed by atoms with E-state index in [-0.39, 0.29) is 5.82 Å². The molecule has 2 aromatic rings. The fraction of sp³-hybridized carbons (Fsp3) is 0.357. The Morgan fingerprint density at radius 3 is 2.95 bits per heavy atom. The number of rotatable bonds is 6. The SMILES string of the molecule is CCCNCc1ccc(F)c(Cn2cc(Cl)cn2)c1. The van der Waals surface area contributed by atoms with Gasteiger partial charge < -0.3 is 5.32 Å². The lowest BCUT2D eigenvalue weighted by molar-refractivity contribution is 0.582. The molecule has 0 radical (unpaired) electrons. The second-order valence-corrected chi connectivity index (χ2v) is 4.90. The molecule has 0 bridgehead atoms. The molecule has 0 amide bonds. The fourth-order valence-electron chi connectivity index (χ4n) is 1.87. The molecule has 2 rings (SSSR count). The summed E-state index contributed by atoms with van der Waals surface area (Å²) in [6, 6.07) is 5.18. The monoisotopic (exact) mass is 281 g/mol. The highest BCUT2D eigenvalue weighted by Crippen LogP contribution is 2.13. The van der Waals surface area contributed by atoms with Crippen molar-refractivity contribution in [3.8, 4) is 0 Å². The zero-order valence-electron chi connectivity index (χ0n) is 10.9. The summed E-state index contributed by atoms with van der Waals surface area (Å²) in [5.41, 5.74) is 1.69. The largest absolute Gasteiger partial charge is 0.313 e. The van der Waals surface area contributed by atoms with Crippen LogP contribution in [0.3, 0.4) is 0 Å². The second-order valence-electron chi connectivity index (χ2n) is 4.46. The predicted molar refractivity (Wildman–Crippen MR) is 74.7 cm³/mol. The van der Waals surface area contributed by atoms with Crippen LogP contribution in [0.4, 0.5) is 4.39 Å². The molecule has 1 heterocycles. The van der Waals surface area contributed by atoms with Crippen molar-refractivity contribution in [3.63, 3.8) is 0 Å². The van der Waals surface area contributed by atoms with E-state index in [0.29, 0.717) is 17.1 Å². The van der Waals surface area contributed by atoms with E-state index in [4.69, 9.17) is 11.6 Å². The number of hydrogen-bond donors (Lipinski definition) is 1. The summed E-state index contributed by atoms with van der Waals surface area (Å²) < 4.78 is 15.4. The summed E-state index contributed by atoms with van der Waals surface area (Å²) in [4.78, 5) is 0. The van der Waals surface area contributed by atoms with Crippen LogP contribution in [0.1, 0.15) is 24.5 Å². The van der Waals surface area contributed by atoms with E-state index in [1.165, 1.54) is 6.07 Å². The quantitative estimate of drug-likeness (QED) is 0.824. The Balaban J connectivity index is 2.08. The van der Waals surface area contributed by atoms with Crippen molar-refractivity contribution in [2.24, 2.45) is 0 Å². The van der Waals surface area contributed by atoms with Gasteiger partial charge in [0.15, 0.2) is 0 Å². The van der Waals surface area contributed by atoms with Crippen molar-refractivity contribution in [2.75, 3.05) is 6.54 Å². The first-order valence-corrected chi connectivity index (χ1v) is 6.73. The molecule has 0 aliphatic heterocycles. The molecular formula is C14H17ClFN3. The Bertz CT molecular complexity index is 539. The minimum absolute atomic E-state index is 0.217. The first-order valence-electron chi connectivity index (χ1n) is 6.35. The lowest BCUT2D eigenvalue weighted by Gasteiger charge is -2.08. The zero-order chi connectivity index (χ0) is 13.7. The van der Waals surface area contributed by atoms with Crippen molar-refractivity contribution in [3.05, 3.63) is 52.6 Å². The first-order chi connectivity index (χ1) is 9.19. The molecule has 0 unspecified atom stereocenters. The Kier molecular flexibility index (Phi) is 4.93. The van der Waals surface area contributed by atoms with Gasteiger partial charge in [0, 0.05) is 18.3 Å². The highest BCUT2D eigenvalue weighted by Gasteiger charge is 2.05. The van der Waals surface area contributed by atoms with Crippen molar-refractivity contribution < 1.29 is 4.39 Å². The van der Waals surface area contributed by atoms with E-state index < -0.39 is 0 Å². The Labute approximate surface area is 117 Å². The van der Waals surface area contributed by atoms with E-state index >= 15 is 0 Å². The standard InChI is InChI=1S/C14H17ClFN3/c1-2-5-17-7-11-3-4-14(16)12(6-11)9-19-10-13(15)8-18-19/h3-4,6,8,10,17H,2,5,7,9H2,1H3. The van der Waals surface area contributed by atoms with Crippen LogP contribution in [-0.2, 0) is 13.1 Å². The lowest BCUT2D eigenvalue weighted by Crippen LogP contribution is -2.14. The molecule has 0 fully saturated rings. The summed E-state index contributed by atoms with van der Waals surface area (Å²) >= 11 is 5.80. The van der Waals surface area contributed by atoms with Crippen LogP contribution >= 0.6 is 11.6 Å². The van der Waals surface area contributed by atoms with E-state index in [2.05, 4.69) is 17.3 Å². The van der Waals surface area contributed by atoms with Gasteiger partial charge in [-0.3, -0.25) is 4.68 Å². The van der Waals surface area contributed by atoms with Crippen molar-refractivity contribution in [2.45, 2.75) is 26.4 Å². The van der Waals surface area contributed by atoms with Crippen LogP contribution in [0, 0.1) is 5.82 Å². The molecule has 0 aliphatic rings. The highest BCUT2D eigenvalue weighted by molar-refractivity contribution is 6.30. The second kappa shape index (κ2) is 6.68. The summed E-state index contributed by atoms with van der Waals surface area (Å²) in [6.45, 7) is 4.22. The van der Waals surface area contributed by atoms with Gasteiger partial charge in [0.2, 0.25) is 0 Å². The van der Waals surface area contributed by atoms with Gasteiger partial charge in [-0.2, -0.15) is 5.10 Å². The molecule has 19 heavy (non-hydrogen) atoms. The van der Waals surface area contributed by atoms with Gasteiger partial charge in [-0.1, -0.05) is 24.6 Å². The van der Waals surface area contributed by atoms with Crippen LogP contribution in [0.2, 0.25) is 5.02 Å². The molecule has 1 aromatic carbocycles. The molecule has 5 heteroatoms. The number of nitrogens with one attached hydrogen (secondary N) is 1. The van der Waals surface area contributed by atoms with Crippen LogP contribution in [-0.4, -0.2) is 16.3 Å². The minimum atomic E-state index is -0.217. The van der Waals surface area contributed by atoms with E-state index in [9.17, 15) is 4.39 Å². The molecule has 1 N–H and O–H groups in total. The molecule has 0 spiro atoms. The van der Waals surface area contributed by atoms with Crippen molar-refractivity contribution in [1.29, 1.82) is 0 Å². The molecule has 3 nitrogen and oxygen atoms in total. The minimum Gasteiger partial charge on any atom is -0.313 e. The molecule has 102 valence electrons. The number of benzene rings is 1. The third-order valence-corrected chi connectivity index (χ3v) is 3.00. The maximum Gasteiger partial charge on any atom is 0.128 e. The van der Waals surface area contributed by atoms with Gasteiger partial charge >= 0.3 is 0 Å². The van der Waals surface area contributed by atoms with Gasteiger partial charge in [0.05, 0.1) is 17.8 Å². The Hall–Kier alpha value is -1.39. The summed E-state index contributed by atoms with van der Waals surface area (Å²) in [7, 11) is 0. The summed E-state index contributed by atoms with van der Waals surface area (Å²) in [5, 5.41) is 7.92. The van der Waals surface area contributed by atoms with Gasteiger partial charge in [0.1, 0.15) is 5.82 Å². The van der Waals surface area contributed by atoms with Crippen molar-refractivity contribution >= 4 is 11.6 Å². The Morgan fingerprint density at radius 1 is 1.42 bits per heavy atom.